The lowest BCUT2D eigenvalue weighted by molar-refractivity contribution is -0.117. The summed E-state index contributed by atoms with van der Waals surface area (Å²) in [5.74, 6) is -0.370. The molecule has 2 fully saturated rings. The molecule has 0 unspecified atom stereocenters. The molecule has 2 aliphatic heterocycles. The molecule has 8 heteroatoms. The van der Waals surface area contributed by atoms with Crippen molar-refractivity contribution in [2.75, 3.05) is 29.9 Å². The average molecular weight is 442 g/mol. The fourth-order valence-corrected chi connectivity index (χ4v) is 5.73. The number of carbonyl (C=O) groups excluding carboxylic acids is 2. The maximum atomic E-state index is 13.1. The zero-order chi connectivity index (χ0) is 21.8. The summed E-state index contributed by atoms with van der Waals surface area (Å²) >= 11 is 0. The molecular formula is C23H27N3O4S. The van der Waals surface area contributed by atoms with Crippen LogP contribution in [0.15, 0.2) is 53.4 Å². The highest BCUT2D eigenvalue weighted by molar-refractivity contribution is 7.89. The Labute approximate surface area is 183 Å². The van der Waals surface area contributed by atoms with Gasteiger partial charge in [-0.15, -0.1) is 0 Å². The second-order valence-electron chi connectivity index (χ2n) is 7.97. The number of sulfonamides is 1. The minimum atomic E-state index is -3.61. The highest BCUT2D eigenvalue weighted by Gasteiger charge is 2.27. The lowest BCUT2D eigenvalue weighted by Gasteiger charge is -2.21. The minimum absolute atomic E-state index is 0.00536. The monoisotopic (exact) mass is 441 g/mol. The molecule has 2 aliphatic rings. The molecule has 2 heterocycles. The van der Waals surface area contributed by atoms with Gasteiger partial charge in [-0.3, -0.25) is 9.59 Å². The van der Waals surface area contributed by atoms with E-state index in [9.17, 15) is 18.0 Å². The summed E-state index contributed by atoms with van der Waals surface area (Å²) in [5.41, 5.74) is 1.37. The maximum absolute atomic E-state index is 13.1. The zero-order valence-corrected chi connectivity index (χ0v) is 18.2. The molecule has 2 saturated heterocycles. The Bertz CT molecular complexity index is 1080. The first-order chi connectivity index (χ1) is 15.0. The van der Waals surface area contributed by atoms with Gasteiger partial charge in [-0.05, 0) is 49.6 Å². The molecule has 164 valence electrons. The van der Waals surface area contributed by atoms with Crippen molar-refractivity contribution in [1.82, 2.24) is 4.31 Å². The van der Waals surface area contributed by atoms with E-state index in [4.69, 9.17) is 0 Å². The number of amides is 2. The third-order valence-corrected chi connectivity index (χ3v) is 7.70. The third kappa shape index (κ3) is 4.65. The molecule has 1 N–H and O–H groups in total. The number of nitrogens with zero attached hydrogens (tertiary/aromatic N) is 2. The van der Waals surface area contributed by atoms with Gasteiger partial charge < -0.3 is 10.2 Å². The first-order valence-electron chi connectivity index (χ1n) is 10.8. The lowest BCUT2D eigenvalue weighted by Crippen LogP contribution is -2.32. The van der Waals surface area contributed by atoms with Gasteiger partial charge >= 0.3 is 0 Å². The van der Waals surface area contributed by atoms with E-state index >= 15 is 0 Å². The molecule has 2 aromatic rings. The van der Waals surface area contributed by atoms with Crippen molar-refractivity contribution in [3.05, 3.63) is 54.1 Å². The highest BCUT2D eigenvalue weighted by atomic mass is 32.2. The van der Waals surface area contributed by atoms with Crippen LogP contribution in [0.5, 0.6) is 0 Å². The number of carbonyl (C=O) groups is 2. The average Bonchev–Trinajstić information content (AvgIpc) is 3.01. The molecule has 7 nitrogen and oxygen atoms in total. The van der Waals surface area contributed by atoms with Crippen LogP contribution in [0.25, 0.3) is 0 Å². The second kappa shape index (κ2) is 9.20. The van der Waals surface area contributed by atoms with E-state index in [1.54, 1.807) is 47.4 Å². The van der Waals surface area contributed by atoms with Gasteiger partial charge in [0.25, 0.3) is 5.91 Å². The standard InChI is InChI=1S/C23H27N3O4S/c27-22-13-8-16-26(22)21-12-4-3-11-20(21)23(28)24-18-9-7-10-19(17-18)31(29,30)25-14-5-1-2-6-15-25/h3-4,7,9-12,17H,1-2,5-6,8,13-16H2,(H,24,28). The van der Waals surface area contributed by atoms with Crippen molar-refractivity contribution >= 4 is 33.2 Å². The van der Waals surface area contributed by atoms with Crippen LogP contribution in [0, 0.1) is 0 Å². The molecule has 0 bridgehead atoms. The summed E-state index contributed by atoms with van der Waals surface area (Å²) < 4.78 is 27.7. The van der Waals surface area contributed by atoms with Gasteiger partial charge in [0.1, 0.15) is 0 Å². The van der Waals surface area contributed by atoms with E-state index in [2.05, 4.69) is 5.32 Å². The number of nitrogens with one attached hydrogen (secondary N) is 1. The Morgan fingerprint density at radius 3 is 2.32 bits per heavy atom. The van der Waals surface area contributed by atoms with Gasteiger partial charge in [-0.1, -0.05) is 31.0 Å². The Hall–Kier alpha value is -2.71. The zero-order valence-electron chi connectivity index (χ0n) is 17.4. The summed E-state index contributed by atoms with van der Waals surface area (Å²) in [4.78, 5) is 27.0. The van der Waals surface area contributed by atoms with Gasteiger partial charge in [0.15, 0.2) is 0 Å². The first kappa shape index (κ1) is 21.5. The summed E-state index contributed by atoms with van der Waals surface area (Å²) in [5, 5.41) is 2.80. The van der Waals surface area contributed by atoms with E-state index in [-0.39, 0.29) is 16.7 Å². The Balaban J connectivity index is 1.56. The normalized spacial score (nSPS) is 18.1. The summed E-state index contributed by atoms with van der Waals surface area (Å²) in [6.07, 6.45) is 5.06. The number of benzene rings is 2. The number of hydrogen-bond acceptors (Lipinski definition) is 4. The molecule has 0 spiro atoms. The van der Waals surface area contributed by atoms with E-state index in [0.29, 0.717) is 43.0 Å². The van der Waals surface area contributed by atoms with Crippen LogP contribution in [0.3, 0.4) is 0 Å². The van der Waals surface area contributed by atoms with Gasteiger partial charge in [-0.2, -0.15) is 4.31 Å². The van der Waals surface area contributed by atoms with Crippen molar-refractivity contribution in [3.8, 4) is 0 Å². The molecule has 4 rings (SSSR count). The smallest absolute Gasteiger partial charge is 0.257 e. The van der Waals surface area contributed by atoms with E-state index in [1.165, 1.54) is 10.4 Å². The first-order valence-corrected chi connectivity index (χ1v) is 12.2. The molecule has 0 aliphatic carbocycles. The SMILES string of the molecule is O=C(Nc1cccc(S(=O)(=O)N2CCCCCC2)c1)c1ccccc1N1CCCC1=O. The molecule has 0 aromatic heterocycles. The minimum Gasteiger partial charge on any atom is -0.322 e. The van der Waals surface area contributed by atoms with Gasteiger partial charge in [0.2, 0.25) is 15.9 Å². The van der Waals surface area contributed by atoms with Crippen molar-refractivity contribution in [2.45, 2.75) is 43.4 Å². The third-order valence-electron chi connectivity index (χ3n) is 5.81. The Kier molecular flexibility index (Phi) is 6.38. The number of rotatable bonds is 5. The van der Waals surface area contributed by atoms with Gasteiger partial charge in [-0.25, -0.2) is 8.42 Å². The Morgan fingerprint density at radius 1 is 0.871 bits per heavy atom. The van der Waals surface area contributed by atoms with Crippen LogP contribution in [0.2, 0.25) is 0 Å². The molecule has 0 atom stereocenters. The lowest BCUT2D eigenvalue weighted by atomic mass is 10.1. The molecular weight excluding hydrogens is 414 g/mol. The van der Waals surface area contributed by atoms with Crippen molar-refractivity contribution in [1.29, 1.82) is 0 Å². The predicted octanol–water partition coefficient (Wildman–Crippen LogP) is 3.63. The molecule has 0 radical (unpaired) electrons. The number of para-hydroxylation sites is 1. The summed E-state index contributed by atoms with van der Waals surface area (Å²) in [6, 6.07) is 13.4. The van der Waals surface area contributed by atoms with Crippen LogP contribution in [0.4, 0.5) is 11.4 Å². The summed E-state index contributed by atoms with van der Waals surface area (Å²) in [7, 11) is -3.61. The maximum Gasteiger partial charge on any atom is 0.257 e. The number of anilines is 2. The van der Waals surface area contributed by atoms with Crippen LogP contribution >= 0.6 is 0 Å². The topological polar surface area (TPSA) is 86.8 Å². The van der Waals surface area contributed by atoms with Crippen LogP contribution in [-0.2, 0) is 14.8 Å². The summed E-state index contributed by atoms with van der Waals surface area (Å²) in [6.45, 7) is 1.64. The Morgan fingerprint density at radius 2 is 1.61 bits per heavy atom. The largest absolute Gasteiger partial charge is 0.322 e. The molecule has 0 saturated carbocycles. The second-order valence-corrected chi connectivity index (χ2v) is 9.90. The van der Waals surface area contributed by atoms with Crippen molar-refractivity contribution in [2.24, 2.45) is 0 Å². The van der Waals surface area contributed by atoms with Crippen LogP contribution < -0.4 is 10.2 Å². The van der Waals surface area contributed by atoms with E-state index < -0.39 is 10.0 Å². The molecule has 2 aromatic carbocycles. The quantitative estimate of drug-likeness (QED) is 0.768. The fourth-order valence-electron chi connectivity index (χ4n) is 4.17. The molecule has 2 amide bonds. The van der Waals surface area contributed by atoms with Crippen LogP contribution in [0.1, 0.15) is 48.9 Å². The number of hydrogen-bond donors (Lipinski definition) is 1. The van der Waals surface area contributed by atoms with E-state index in [0.717, 1.165) is 32.1 Å². The van der Waals surface area contributed by atoms with E-state index in [1.807, 2.05) is 0 Å². The fraction of sp³-hybridized carbons (Fsp3) is 0.391. The van der Waals surface area contributed by atoms with Crippen molar-refractivity contribution < 1.29 is 18.0 Å². The molecule has 31 heavy (non-hydrogen) atoms. The van der Waals surface area contributed by atoms with Gasteiger partial charge in [0.05, 0.1) is 16.1 Å². The highest BCUT2D eigenvalue weighted by Crippen LogP contribution is 2.27. The van der Waals surface area contributed by atoms with Crippen LogP contribution in [-0.4, -0.2) is 44.2 Å². The van der Waals surface area contributed by atoms with Crippen molar-refractivity contribution in [3.63, 3.8) is 0 Å². The van der Waals surface area contributed by atoms with Gasteiger partial charge in [0, 0.05) is 31.7 Å². The predicted molar refractivity (Wildman–Crippen MR) is 120 cm³/mol.